The second-order valence-electron chi connectivity index (χ2n) is 3.86. The average molecular weight is 332 g/mol. The van der Waals surface area contributed by atoms with Gasteiger partial charge in [-0.25, -0.2) is 4.98 Å². The van der Waals surface area contributed by atoms with Gasteiger partial charge in [0.15, 0.2) is 5.96 Å². The van der Waals surface area contributed by atoms with E-state index in [1.54, 1.807) is 6.20 Å². The maximum absolute atomic E-state index is 5.73. The zero-order valence-electron chi connectivity index (χ0n) is 9.10. The maximum Gasteiger partial charge on any atom is 0.194 e. The Kier molecular flexibility index (Phi) is 5.51. The standard InChI is InChI=1S/C11H16N4.HI/c12-11(14-8-9-4-3-5-9)15-10-6-1-2-7-13-10;/h1-2,6-7,9H,3-5,8H2,(H3,12,13,14,15);1H. The van der Waals surface area contributed by atoms with Gasteiger partial charge in [-0.3, -0.25) is 4.99 Å². The van der Waals surface area contributed by atoms with E-state index in [1.165, 1.54) is 19.3 Å². The van der Waals surface area contributed by atoms with E-state index in [1.807, 2.05) is 18.2 Å². The van der Waals surface area contributed by atoms with Crippen molar-refractivity contribution in [1.82, 2.24) is 4.98 Å². The van der Waals surface area contributed by atoms with Crippen LogP contribution in [0.15, 0.2) is 29.4 Å². The summed E-state index contributed by atoms with van der Waals surface area (Å²) in [4.78, 5) is 8.39. The van der Waals surface area contributed by atoms with Gasteiger partial charge in [-0.05, 0) is 30.9 Å². The molecule has 0 unspecified atom stereocenters. The van der Waals surface area contributed by atoms with Gasteiger partial charge >= 0.3 is 0 Å². The van der Waals surface area contributed by atoms with Crippen LogP contribution in [-0.4, -0.2) is 17.5 Å². The normalized spacial score (nSPS) is 16.1. The number of nitrogens with zero attached hydrogens (tertiary/aromatic N) is 2. The Balaban J connectivity index is 0.00000128. The van der Waals surface area contributed by atoms with Crippen LogP contribution in [0.25, 0.3) is 0 Å². The van der Waals surface area contributed by atoms with E-state index in [9.17, 15) is 0 Å². The van der Waals surface area contributed by atoms with Crippen molar-refractivity contribution in [3.8, 4) is 0 Å². The molecule has 0 aliphatic heterocycles. The Labute approximate surface area is 113 Å². The number of hydrogen-bond donors (Lipinski definition) is 2. The SMILES string of the molecule is I.NC(=NCC1CCC1)Nc1ccccn1. The number of hydrogen-bond acceptors (Lipinski definition) is 2. The Morgan fingerprint density at radius 2 is 2.31 bits per heavy atom. The number of rotatable bonds is 3. The molecule has 88 valence electrons. The number of nitrogens with two attached hydrogens (primary N) is 1. The summed E-state index contributed by atoms with van der Waals surface area (Å²) in [5.41, 5.74) is 5.73. The van der Waals surface area contributed by atoms with Crippen molar-refractivity contribution in [1.29, 1.82) is 0 Å². The van der Waals surface area contributed by atoms with Gasteiger partial charge < -0.3 is 11.1 Å². The molecule has 0 atom stereocenters. The lowest BCUT2D eigenvalue weighted by Crippen LogP contribution is -2.25. The molecule has 1 heterocycles. The fourth-order valence-electron chi connectivity index (χ4n) is 1.51. The smallest absolute Gasteiger partial charge is 0.194 e. The van der Waals surface area contributed by atoms with E-state index in [0.29, 0.717) is 5.96 Å². The van der Waals surface area contributed by atoms with Crippen molar-refractivity contribution in [2.75, 3.05) is 11.9 Å². The third kappa shape index (κ3) is 3.96. The molecule has 4 nitrogen and oxygen atoms in total. The summed E-state index contributed by atoms with van der Waals surface area (Å²) >= 11 is 0. The van der Waals surface area contributed by atoms with Gasteiger partial charge in [-0.1, -0.05) is 12.5 Å². The molecular formula is C11H17IN4. The summed E-state index contributed by atoms with van der Waals surface area (Å²) < 4.78 is 0. The van der Waals surface area contributed by atoms with Crippen LogP contribution >= 0.6 is 24.0 Å². The highest BCUT2D eigenvalue weighted by molar-refractivity contribution is 14.0. The first-order valence-corrected chi connectivity index (χ1v) is 5.32. The van der Waals surface area contributed by atoms with Gasteiger partial charge in [0.1, 0.15) is 5.82 Å². The highest BCUT2D eigenvalue weighted by atomic mass is 127. The number of aromatic nitrogens is 1. The van der Waals surface area contributed by atoms with Gasteiger partial charge in [-0.2, -0.15) is 0 Å². The Bertz CT molecular complexity index is 335. The molecule has 1 aromatic heterocycles. The van der Waals surface area contributed by atoms with Gasteiger partial charge in [0.05, 0.1) is 0 Å². The molecule has 0 spiro atoms. The molecule has 1 aliphatic carbocycles. The summed E-state index contributed by atoms with van der Waals surface area (Å²) in [6, 6.07) is 5.65. The average Bonchev–Trinajstić information content (AvgIpc) is 2.17. The maximum atomic E-state index is 5.73. The van der Waals surface area contributed by atoms with E-state index < -0.39 is 0 Å². The van der Waals surface area contributed by atoms with Crippen molar-refractivity contribution in [2.45, 2.75) is 19.3 Å². The predicted molar refractivity (Wildman–Crippen MR) is 77.1 cm³/mol. The van der Waals surface area contributed by atoms with Crippen LogP contribution in [0.3, 0.4) is 0 Å². The molecule has 0 amide bonds. The van der Waals surface area contributed by atoms with Crippen molar-refractivity contribution >= 4 is 35.8 Å². The van der Waals surface area contributed by atoms with Crippen molar-refractivity contribution in [3.05, 3.63) is 24.4 Å². The molecule has 0 radical (unpaired) electrons. The van der Waals surface area contributed by atoms with Crippen LogP contribution in [0.4, 0.5) is 5.82 Å². The Hall–Kier alpha value is -0.850. The fourth-order valence-corrected chi connectivity index (χ4v) is 1.51. The first-order valence-electron chi connectivity index (χ1n) is 5.32. The molecule has 16 heavy (non-hydrogen) atoms. The molecular weight excluding hydrogens is 315 g/mol. The molecule has 0 saturated heterocycles. The molecule has 1 aromatic rings. The first-order chi connectivity index (χ1) is 7.34. The van der Waals surface area contributed by atoms with Crippen molar-refractivity contribution in [3.63, 3.8) is 0 Å². The fraction of sp³-hybridized carbons (Fsp3) is 0.455. The van der Waals surface area contributed by atoms with Crippen molar-refractivity contribution < 1.29 is 0 Å². The molecule has 0 aromatic carbocycles. The van der Waals surface area contributed by atoms with Crippen LogP contribution in [0.2, 0.25) is 0 Å². The summed E-state index contributed by atoms with van der Waals surface area (Å²) in [6.45, 7) is 0.839. The first kappa shape index (κ1) is 13.2. The lowest BCUT2D eigenvalue weighted by atomic mass is 9.86. The topological polar surface area (TPSA) is 63.3 Å². The van der Waals surface area contributed by atoms with Gasteiger partial charge in [0.2, 0.25) is 0 Å². The molecule has 2 rings (SSSR count). The molecule has 1 aliphatic rings. The minimum absolute atomic E-state index is 0. The summed E-state index contributed by atoms with van der Waals surface area (Å²) in [7, 11) is 0. The predicted octanol–water partition coefficient (Wildman–Crippen LogP) is 2.23. The molecule has 0 bridgehead atoms. The quantitative estimate of drug-likeness (QED) is 0.507. The van der Waals surface area contributed by atoms with E-state index in [2.05, 4.69) is 15.3 Å². The number of anilines is 1. The van der Waals surface area contributed by atoms with Crippen LogP contribution in [0.1, 0.15) is 19.3 Å². The molecule has 5 heteroatoms. The third-order valence-electron chi connectivity index (χ3n) is 2.67. The third-order valence-corrected chi connectivity index (χ3v) is 2.67. The van der Waals surface area contributed by atoms with Crippen LogP contribution in [0, 0.1) is 5.92 Å². The summed E-state index contributed by atoms with van der Waals surface area (Å²) in [5.74, 6) is 1.95. The second-order valence-corrected chi connectivity index (χ2v) is 3.86. The minimum Gasteiger partial charge on any atom is -0.370 e. The Morgan fingerprint density at radius 1 is 1.50 bits per heavy atom. The molecule has 1 fully saturated rings. The van der Waals surface area contributed by atoms with Crippen molar-refractivity contribution in [2.24, 2.45) is 16.6 Å². The molecule has 1 saturated carbocycles. The van der Waals surface area contributed by atoms with Crippen LogP contribution < -0.4 is 11.1 Å². The van der Waals surface area contributed by atoms with Crippen LogP contribution in [0.5, 0.6) is 0 Å². The van der Waals surface area contributed by atoms with Crippen LogP contribution in [-0.2, 0) is 0 Å². The number of halogens is 1. The highest BCUT2D eigenvalue weighted by Crippen LogP contribution is 2.26. The number of pyridine rings is 1. The summed E-state index contributed by atoms with van der Waals surface area (Å²) in [5, 5.41) is 2.96. The monoisotopic (exact) mass is 332 g/mol. The number of aliphatic imine (C=N–C) groups is 1. The van der Waals surface area contributed by atoms with E-state index in [-0.39, 0.29) is 24.0 Å². The zero-order valence-corrected chi connectivity index (χ0v) is 11.4. The zero-order chi connectivity index (χ0) is 10.5. The number of nitrogens with one attached hydrogen (secondary N) is 1. The van der Waals surface area contributed by atoms with E-state index >= 15 is 0 Å². The largest absolute Gasteiger partial charge is 0.370 e. The van der Waals surface area contributed by atoms with E-state index in [4.69, 9.17) is 5.73 Å². The minimum atomic E-state index is 0. The van der Waals surface area contributed by atoms with Gasteiger partial charge in [0.25, 0.3) is 0 Å². The lowest BCUT2D eigenvalue weighted by molar-refractivity contribution is 0.326. The lowest BCUT2D eigenvalue weighted by Gasteiger charge is -2.23. The second kappa shape index (κ2) is 6.67. The summed E-state index contributed by atoms with van der Waals surface area (Å²) in [6.07, 6.45) is 5.65. The van der Waals surface area contributed by atoms with Gasteiger partial charge in [0, 0.05) is 12.7 Å². The highest BCUT2D eigenvalue weighted by Gasteiger charge is 2.16. The van der Waals surface area contributed by atoms with E-state index in [0.717, 1.165) is 18.3 Å². The number of guanidine groups is 1. The van der Waals surface area contributed by atoms with Gasteiger partial charge in [-0.15, -0.1) is 24.0 Å². The Morgan fingerprint density at radius 3 is 2.88 bits per heavy atom. The molecule has 3 N–H and O–H groups in total.